The smallest absolute Gasteiger partial charge is 0.444 e. The number of carbonyl (C=O) groups excluding carboxylic acids is 1. The Kier molecular flexibility index (Phi) is 4.91. The molecule has 134 valence electrons. The second kappa shape index (κ2) is 6.36. The normalized spacial score (nSPS) is 18.6. The highest BCUT2D eigenvalue weighted by Gasteiger charge is 2.52. The highest BCUT2D eigenvalue weighted by atomic mass is 16.7. The Bertz CT molecular complexity index is 701. The number of hydrogen-bond donors (Lipinski definition) is 1. The van der Waals surface area contributed by atoms with Crippen LogP contribution in [0.3, 0.4) is 0 Å². The first-order chi connectivity index (χ1) is 11.4. The van der Waals surface area contributed by atoms with Crippen molar-refractivity contribution in [3.05, 3.63) is 23.8 Å². The second-order valence-corrected chi connectivity index (χ2v) is 8.10. The van der Waals surface area contributed by atoms with Crippen molar-refractivity contribution in [2.24, 2.45) is 0 Å². The van der Waals surface area contributed by atoms with Gasteiger partial charge >= 0.3 is 13.2 Å². The number of benzene rings is 1. The van der Waals surface area contributed by atoms with Gasteiger partial charge in [-0.25, -0.2) is 4.79 Å². The second-order valence-electron chi connectivity index (χ2n) is 8.10. The Morgan fingerprint density at radius 1 is 1.20 bits per heavy atom. The molecular weight excluding hydrogens is 319 g/mol. The SMILES string of the molecule is CC(C)(C)OC(=O)Nc1cccc(B2OC(C)(C)C(C)(C)O2)c1C#N. The van der Waals surface area contributed by atoms with Crippen molar-refractivity contribution in [1.29, 1.82) is 5.26 Å². The van der Waals surface area contributed by atoms with Gasteiger partial charge in [-0.05, 0) is 54.5 Å². The molecule has 0 saturated carbocycles. The summed E-state index contributed by atoms with van der Waals surface area (Å²) in [6, 6.07) is 7.29. The Hall–Kier alpha value is -2.04. The van der Waals surface area contributed by atoms with Crippen LogP contribution in [0.1, 0.15) is 54.0 Å². The van der Waals surface area contributed by atoms with E-state index in [1.54, 1.807) is 39.0 Å². The van der Waals surface area contributed by atoms with E-state index < -0.39 is 30.0 Å². The average Bonchev–Trinajstić information content (AvgIpc) is 2.65. The number of nitriles is 1. The van der Waals surface area contributed by atoms with Gasteiger partial charge in [0.1, 0.15) is 11.7 Å². The Balaban J connectivity index is 2.31. The number of ether oxygens (including phenoxy) is 1. The first kappa shape index (κ1) is 19.3. The molecule has 1 aromatic carbocycles. The van der Waals surface area contributed by atoms with Crippen LogP contribution in [0.5, 0.6) is 0 Å². The summed E-state index contributed by atoms with van der Waals surface area (Å²) in [6.07, 6.45) is -0.616. The molecule has 1 amide bonds. The predicted octanol–water partition coefficient (Wildman–Crippen LogP) is 3.20. The van der Waals surface area contributed by atoms with Crippen LogP contribution in [0, 0.1) is 11.3 Å². The zero-order chi connectivity index (χ0) is 19.0. The lowest BCUT2D eigenvalue weighted by Gasteiger charge is -2.32. The van der Waals surface area contributed by atoms with Gasteiger partial charge in [0.25, 0.3) is 0 Å². The molecule has 0 unspecified atom stereocenters. The van der Waals surface area contributed by atoms with Gasteiger partial charge < -0.3 is 14.0 Å². The Morgan fingerprint density at radius 2 is 1.76 bits per heavy atom. The van der Waals surface area contributed by atoms with Crippen molar-refractivity contribution in [2.45, 2.75) is 65.3 Å². The van der Waals surface area contributed by atoms with Crippen molar-refractivity contribution in [3.8, 4) is 6.07 Å². The van der Waals surface area contributed by atoms with Crippen molar-refractivity contribution >= 4 is 24.4 Å². The molecule has 0 aliphatic carbocycles. The first-order valence-corrected chi connectivity index (χ1v) is 8.25. The molecule has 6 nitrogen and oxygen atoms in total. The van der Waals surface area contributed by atoms with Gasteiger partial charge in [-0.2, -0.15) is 5.26 Å². The molecule has 7 heteroatoms. The van der Waals surface area contributed by atoms with Gasteiger partial charge in [0.15, 0.2) is 0 Å². The standard InChI is InChI=1S/C18H25BN2O4/c1-16(2,3)23-15(22)21-14-10-8-9-13(12(14)11-20)19-24-17(4,5)18(6,7)25-19/h8-10H,1-7H3,(H,21,22). The Labute approximate surface area is 149 Å². The molecule has 1 heterocycles. The minimum absolute atomic E-state index is 0.298. The molecule has 1 aromatic rings. The van der Waals surface area contributed by atoms with Crippen LogP contribution in [-0.2, 0) is 14.0 Å². The topological polar surface area (TPSA) is 80.6 Å². The summed E-state index contributed by atoms with van der Waals surface area (Å²) in [4.78, 5) is 12.0. The molecule has 25 heavy (non-hydrogen) atoms. The largest absolute Gasteiger partial charge is 0.496 e. The molecule has 0 bridgehead atoms. The van der Waals surface area contributed by atoms with Crippen LogP contribution in [0.4, 0.5) is 10.5 Å². The van der Waals surface area contributed by atoms with Crippen LogP contribution in [0.2, 0.25) is 0 Å². The lowest BCUT2D eigenvalue weighted by atomic mass is 9.75. The van der Waals surface area contributed by atoms with E-state index in [1.165, 1.54) is 0 Å². The lowest BCUT2D eigenvalue weighted by Crippen LogP contribution is -2.41. The number of nitrogens with zero attached hydrogens (tertiary/aromatic N) is 1. The van der Waals surface area contributed by atoms with E-state index in [2.05, 4.69) is 11.4 Å². The molecule has 1 N–H and O–H groups in total. The van der Waals surface area contributed by atoms with E-state index in [1.807, 2.05) is 27.7 Å². The quantitative estimate of drug-likeness (QED) is 0.834. The summed E-state index contributed by atoms with van der Waals surface area (Å²) >= 11 is 0. The van der Waals surface area contributed by atoms with Gasteiger partial charge in [0.05, 0.1) is 22.5 Å². The summed E-state index contributed by atoms with van der Waals surface area (Å²) in [5, 5.41) is 12.2. The number of amides is 1. The maximum atomic E-state index is 12.0. The highest BCUT2D eigenvalue weighted by Crippen LogP contribution is 2.37. The molecule has 1 aliphatic rings. The number of anilines is 1. The summed E-state index contributed by atoms with van der Waals surface area (Å²) in [5.41, 5.74) is -0.413. The van der Waals surface area contributed by atoms with Gasteiger partial charge in [-0.15, -0.1) is 0 Å². The minimum atomic E-state index is -0.681. The summed E-state index contributed by atoms with van der Waals surface area (Å²) < 4.78 is 17.3. The fraction of sp³-hybridized carbons (Fsp3) is 0.556. The zero-order valence-electron chi connectivity index (χ0n) is 15.9. The van der Waals surface area contributed by atoms with Crippen LogP contribution in [-0.4, -0.2) is 30.0 Å². The maximum absolute atomic E-state index is 12.0. The zero-order valence-corrected chi connectivity index (χ0v) is 15.9. The third kappa shape index (κ3) is 4.14. The fourth-order valence-electron chi connectivity index (χ4n) is 2.38. The Morgan fingerprint density at radius 3 is 2.24 bits per heavy atom. The van der Waals surface area contributed by atoms with Gasteiger partial charge in [-0.1, -0.05) is 12.1 Å². The van der Waals surface area contributed by atoms with Crippen molar-refractivity contribution in [1.82, 2.24) is 0 Å². The van der Waals surface area contributed by atoms with Crippen molar-refractivity contribution in [3.63, 3.8) is 0 Å². The van der Waals surface area contributed by atoms with Crippen LogP contribution in [0.25, 0.3) is 0 Å². The molecule has 0 spiro atoms. The van der Waals surface area contributed by atoms with E-state index in [0.717, 1.165) is 0 Å². The minimum Gasteiger partial charge on any atom is -0.444 e. The van der Waals surface area contributed by atoms with E-state index in [-0.39, 0.29) is 0 Å². The number of rotatable bonds is 2. The van der Waals surface area contributed by atoms with Crippen LogP contribution < -0.4 is 10.8 Å². The first-order valence-electron chi connectivity index (χ1n) is 8.25. The van der Waals surface area contributed by atoms with E-state index in [9.17, 15) is 10.1 Å². The third-order valence-corrected chi connectivity index (χ3v) is 4.35. The maximum Gasteiger partial charge on any atom is 0.496 e. The number of carbonyl (C=O) groups is 1. The fourth-order valence-corrected chi connectivity index (χ4v) is 2.38. The summed E-state index contributed by atoms with van der Waals surface area (Å²) in [7, 11) is -0.681. The monoisotopic (exact) mass is 344 g/mol. The molecule has 0 radical (unpaired) electrons. The van der Waals surface area contributed by atoms with Crippen LogP contribution in [0.15, 0.2) is 18.2 Å². The van der Waals surface area contributed by atoms with E-state index >= 15 is 0 Å². The highest BCUT2D eigenvalue weighted by molar-refractivity contribution is 6.63. The molecule has 0 atom stereocenters. The predicted molar refractivity (Wildman–Crippen MR) is 96.7 cm³/mol. The van der Waals surface area contributed by atoms with E-state index in [4.69, 9.17) is 14.0 Å². The molecule has 2 rings (SSSR count). The van der Waals surface area contributed by atoms with E-state index in [0.29, 0.717) is 16.7 Å². The van der Waals surface area contributed by atoms with Gasteiger partial charge in [0, 0.05) is 5.46 Å². The summed E-state index contributed by atoms with van der Waals surface area (Å²) in [5.74, 6) is 0. The number of nitrogens with one attached hydrogen (secondary N) is 1. The van der Waals surface area contributed by atoms with Crippen molar-refractivity contribution in [2.75, 3.05) is 5.32 Å². The molecule has 1 aliphatic heterocycles. The van der Waals surface area contributed by atoms with Crippen LogP contribution >= 0.6 is 0 Å². The third-order valence-electron chi connectivity index (χ3n) is 4.35. The number of hydrogen-bond acceptors (Lipinski definition) is 5. The van der Waals surface area contributed by atoms with Crippen molar-refractivity contribution < 1.29 is 18.8 Å². The summed E-state index contributed by atoms with van der Waals surface area (Å²) in [6.45, 7) is 13.1. The molecule has 1 saturated heterocycles. The average molecular weight is 344 g/mol. The lowest BCUT2D eigenvalue weighted by molar-refractivity contribution is 0.00578. The van der Waals surface area contributed by atoms with Gasteiger partial charge in [0.2, 0.25) is 0 Å². The molecule has 0 aromatic heterocycles. The van der Waals surface area contributed by atoms with Gasteiger partial charge in [-0.3, -0.25) is 5.32 Å². The molecular formula is C18H25BN2O4. The molecule has 1 fully saturated rings.